The molecule has 0 aliphatic carbocycles. The molecule has 0 spiro atoms. The van der Waals surface area contributed by atoms with Crippen LogP contribution in [0.25, 0.3) is 0 Å². The summed E-state index contributed by atoms with van der Waals surface area (Å²) in [6.45, 7) is 11.9. The summed E-state index contributed by atoms with van der Waals surface area (Å²) in [5, 5.41) is 6.77. The first kappa shape index (κ1) is 20.1. The third kappa shape index (κ3) is 5.21. The molecule has 4 rings (SSSR count). The Morgan fingerprint density at radius 1 is 1.22 bits per heavy atom. The van der Waals surface area contributed by atoms with E-state index in [1.54, 1.807) is 6.07 Å². The van der Waals surface area contributed by atoms with Gasteiger partial charge in [-0.25, -0.2) is 13.4 Å². The van der Waals surface area contributed by atoms with E-state index < -0.39 is 9.84 Å². The van der Waals surface area contributed by atoms with Gasteiger partial charge < -0.3 is 10.6 Å². The van der Waals surface area contributed by atoms with Gasteiger partial charge in [-0.05, 0) is 31.0 Å². The largest absolute Gasteiger partial charge is 0.357 e. The van der Waals surface area contributed by atoms with Gasteiger partial charge >= 0.3 is 0 Å². The molecule has 1 aromatic rings. The lowest BCUT2D eigenvalue weighted by Gasteiger charge is -2.47. The number of benzene rings is 1. The molecule has 0 aromatic heterocycles. The Morgan fingerprint density at radius 3 is 2.52 bits per heavy atom. The lowest BCUT2D eigenvalue weighted by Crippen LogP contribution is -2.63. The highest BCUT2D eigenvalue weighted by molar-refractivity contribution is 7.90. The van der Waals surface area contributed by atoms with E-state index in [4.69, 9.17) is 0 Å². The van der Waals surface area contributed by atoms with E-state index in [2.05, 4.69) is 32.3 Å². The molecule has 1 atom stereocenters. The molecule has 1 aromatic carbocycles. The average molecular weight is 394 g/mol. The highest BCUT2D eigenvalue weighted by Crippen LogP contribution is 2.17. The third-order valence-electron chi connectivity index (χ3n) is 5.30. The van der Waals surface area contributed by atoms with E-state index in [-0.39, 0.29) is 0 Å². The van der Waals surface area contributed by atoms with Gasteiger partial charge in [-0.2, -0.15) is 0 Å². The summed E-state index contributed by atoms with van der Waals surface area (Å²) in [6, 6.07) is 5.96. The molecular weight excluding hydrogens is 362 g/mol. The molecule has 3 aliphatic rings. The number of sulfone groups is 1. The maximum absolute atomic E-state index is 11.8. The fourth-order valence-corrected chi connectivity index (χ4v) is 4.83. The Kier molecular flexibility index (Phi) is 6.39. The normalized spacial score (nSPS) is 25.4. The van der Waals surface area contributed by atoms with Crippen molar-refractivity contribution >= 4 is 15.8 Å². The first-order valence-corrected chi connectivity index (χ1v) is 11.5. The second kappa shape index (κ2) is 8.58. The molecule has 150 valence electrons. The summed E-state index contributed by atoms with van der Waals surface area (Å²) in [4.78, 5) is 10.2. The zero-order valence-corrected chi connectivity index (χ0v) is 17.3. The predicted molar refractivity (Wildman–Crippen MR) is 109 cm³/mol. The molecule has 3 aliphatic heterocycles. The van der Waals surface area contributed by atoms with Gasteiger partial charge in [0, 0.05) is 58.1 Å². The number of nitrogens with zero attached hydrogens (tertiary/aromatic N) is 3. The van der Waals surface area contributed by atoms with Crippen molar-refractivity contribution in [1.29, 1.82) is 0 Å². The smallest absolute Gasteiger partial charge is 0.191 e. The fourth-order valence-electron chi connectivity index (χ4n) is 3.87. The number of guanidine groups is 1. The molecule has 0 radical (unpaired) electrons. The van der Waals surface area contributed by atoms with Crippen molar-refractivity contribution in [1.82, 2.24) is 20.4 Å². The van der Waals surface area contributed by atoms with Crippen LogP contribution in [0.3, 0.4) is 0 Å². The van der Waals surface area contributed by atoms with E-state index >= 15 is 0 Å². The lowest BCUT2D eigenvalue weighted by atomic mass is 10.1. The Morgan fingerprint density at radius 2 is 1.96 bits per heavy atom. The zero-order valence-electron chi connectivity index (χ0n) is 16.5. The van der Waals surface area contributed by atoms with Gasteiger partial charge in [0.05, 0.1) is 11.4 Å². The average Bonchev–Trinajstić information content (AvgIpc) is 2.64. The summed E-state index contributed by atoms with van der Waals surface area (Å²) in [6.07, 6.45) is 1.24. The van der Waals surface area contributed by atoms with Gasteiger partial charge in [0.2, 0.25) is 0 Å². The highest BCUT2D eigenvalue weighted by atomic mass is 32.2. The number of fused-ring (bicyclic) bond motifs is 3. The van der Waals surface area contributed by atoms with E-state index in [9.17, 15) is 8.42 Å². The van der Waals surface area contributed by atoms with E-state index in [1.165, 1.54) is 19.3 Å². The van der Waals surface area contributed by atoms with E-state index in [0.29, 0.717) is 17.5 Å². The Labute approximate surface area is 162 Å². The molecule has 27 heavy (non-hydrogen) atoms. The molecule has 2 bridgehead atoms. The standard InChI is InChI=1S/C19H31N5O2S/c1-4-20-19(22-13-17-14-23-7-9-24(17)10-8-23)21-12-16-5-6-18(15(2)11-16)27(3,25)26/h5-6,11,17H,4,7-10,12-14H2,1-3H3,(H2,20,21,22). The van der Waals surface area contributed by atoms with Gasteiger partial charge in [-0.3, -0.25) is 9.80 Å². The number of aliphatic imine (C=N–C) groups is 1. The second-order valence-electron chi connectivity index (χ2n) is 7.44. The van der Waals surface area contributed by atoms with Crippen LogP contribution in [0.4, 0.5) is 0 Å². The van der Waals surface area contributed by atoms with Crippen LogP contribution in [0, 0.1) is 6.92 Å². The van der Waals surface area contributed by atoms with Gasteiger partial charge in [0.25, 0.3) is 0 Å². The van der Waals surface area contributed by atoms with Crippen molar-refractivity contribution in [3.05, 3.63) is 29.3 Å². The quantitative estimate of drug-likeness (QED) is 0.540. The summed E-state index contributed by atoms with van der Waals surface area (Å²) < 4.78 is 23.5. The molecule has 0 saturated carbocycles. The van der Waals surface area contributed by atoms with E-state index in [1.807, 2.05) is 19.1 Å². The van der Waals surface area contributed by atoms with Crippen LogP contribution in [0.5, 0.6) is 0 Å². The maximum Gasteiger partial charge on any atom is 0.191 e. The van der Waals surface area contributed by atoms with Crippen LogP contribution in [0.2, 0.25) is 0 Å². The summed E-state index contributed by atoms with van der Waals surface area (Å²) in [5.74, 6) is 0.806. The van der Waals surface area contributed by atoms with Crippen molar-refractivity contribution in [2.24, 2.45) is 4.99 Å². The molecule has 0 amide bonds. The lowest BCUT2D eigenvalue weighted by molar-refractivity contribution is 0.0154. The van der Waals surface area contributed by atoms with Crippen LogP contribution in [-0.4, -0.2) is 82.3 Å². The molecular formula is C19H31N5O2S. The van der Waals surface area contributed by atoms with Gasteiger partial charge in [0.1, 0.15) is 0 Å². The summed E-state index contributed by atoms with van der Waals surface area (Å²) in [5.41, 5.74) is 1.77. The predicted octanol–water partition coefficient (Wildman–Crippen LogP) is 0.453. The Bertz CT molecular complexity index is 785. The van der Waals surface area contributed by atoms with Gasteiger partial charge in [-0.1, -0.05) is 12.1 Å². The van der Waals surface area contributed by atoms with Crippen LogP contribution in [0.15, 0.2) is 28.1 Å². The van der Waals surface area contributed by atoms with Crippen LogP contribution in [-0.2, 0) is 16.4 Å². The number of rotatable bonds is 6. The molecule has 3 fully saturated rings. The second-order valence-corrected chi connectivity index (χ2v) is 9.42. The van der Waals surface area contributed by atoms with Gasteiger partial charge in [0.15, 0.2) is 15.8 Å². The highest BCUT2D eigenvalue weighted by Gasteiger charge is 2.31. The van der Waals surface area contributed by atoms with Crippen molar-refractivity contribution < 1.29 is 8.42 Å². The van der Waals surface area contributed by atoms with Crippen molar-refractivity contribution in [2.75, 3.05) is 52.1 Å². The molecule has 7 nitrogen and oxygen atoms in total. The number of nitrogens with one attached hydrogen (secondary N) is 2. The number of aryl methyl sites for hydroxylation is 1. The number of hydrogen-bond donors (Lipinski definition) is 2. The van der Waals surface area contributed by atoms with Gasteiger partial charge in [-0.15, -0.1) is 0 Å². The molecule has 3 saturated heterocycles. The van der Waals surface area contributed by atoms with Crippen LogP contribution < -0.4 is 10.6 Å². The minimum atomic E-state index is -3.18. The molecule has 8 heteroatoms. The molecule has 3 heterocycles. The first-order valence-electron chi connectivity index (χ1n) is 9.65. The molecule has 1 unspecified atom stereocenters. The van der Waals surface area contributed by atoms with Crippen molar-refractivity contribution in [2.45, 2.75) is 31.3 Å². The monoisotopic (exact) mass is 393 g/mol. The Balaban J connectivity index is 1.61. The van der Waals surface area contributed by atoms with Crippen molar-refractivity contribution in [3.8, 4) is 0 Å². The fraction of sp³-hybridized carbons (Fsp3) is 0.632. The minimum absolute atomic E-state index is 0.386. The van der Waals surface area contributed by atoms with Crippen LogP contribution >= 0.6 is 0 Å². The Hall–Kier alpha value is -1.64. The van der Waals surface area contributed by atoms with Crippen LogP contribution in [0.1, 0.15) is 18.1 Å². The van der Waals surface area contributed by atoms with Crippen molar-refractivity contribution in [3.63, 3.8) is 0 Å². The SMILES string of the molecule is CCNC(=NCc1ccc(S(C)(=O)=O)c(C)c1)NCC1CN2CCN1CC2. The number of hydrogen-bond acceptors (Lipinski definition) is 5. The minimum Gasteiger partial charge on any atom is -0.357 e. The zero-order chi connectivity index (χ0) is 19.4. The third-order valence-corrected chi connectivity index (χ3v) is 6.56. The maximum atomic E-state index is 11.8. The summed E-state index contributed by atoms with van der Waals surface area (Å²) in [7, 11) is -3.18. The first-order chi connectivity index (χ1) is 12.9. The molecule has 2 N–H and O–H groups in total. The topological polar surface area (TPSA) is 77.0 Å². The summed E-state index contributed by atoms with van der Waals surface area (Å²) >= 11 is 0. The number of piperazine rings is 3. The van der Waals surface area contributed by atoms with E-state index in [0.717, 1.165) is 49.8 Å².